The highest BCUT2D eigenvalue weighted by Crippen LogP contribution is 2.28. The van der Waals surface area contributed by atoms with E-state index in [0.29, 0.717) is 11.1 Å². The highest BCUT2D eigenvalue weighted by molar-refractivity contribution is 5.94. The topological polar surface area (TPSA) is 52.3 Å². The first-order valence-electron chi connectivity index (χ1n) is 7.43. The molecule has 1 saturated heterocycles. The molecular formula is C19H15F2NO2. The van der Waals surface area contributed by atoms with Crippen LogP contribution in [0.3, 0.4) is 0 Å². The Labute approximate surface area is 138 Å². The summed E-state index contributed by atoms with van der Waals surface area (Å²) in [5.74, 6) is 4.54. The van der Waals surface area contributed by atoms with E-state index in [1.165, 1.54) is 12.1 Å². The van der Waals surface area contributed by atoms with Crippen molar-refractivity contribution in [1.82, 2.24) is 0 Å². The number of primary amides is 1. The maximum Gasteiger partial charge on any atom is 0.248 e. The molecule has 1 heterocycles. The average molecular weight is 327 g/mol. The number of nitrogens with two attached hydrogens (primary N) is 1. The summed E-state index contributed by atoms with van der Waals surface area (Å²) < 4.78 is 32.8. The normalized spacial score (nSPS) is 15.1. The lowest BCUT2D eigenvalue weighted by Gasteiger charge is -2.34. The number of ether oxygens (including phenoxy) is 1. The Bertz CT molecular complexity index is 848. The Morgan fingerprint density at radius 3 is 2.58 bits per heavy atom. The Morgan fingerprint density at radius 2 is 1.96 bits per heavy atom. The number of rotatable bonds is 3. The van der Waals surface area contributed by atoms with E-state index in [1.54, 1.807) is 30.3 Å². The van der Waals surface area contributed by atoms with E-state index in [2.05, 4.69) is 11.8 Å². The molecule has 0 spiro atoms. The van der Waals surface area contributed by atoms with Crippen LogP contribution in [0.25, 0.3) is 0 Å². The fourth-order valence-corrected chi connectivity index (χ4v) is 2.53. The van der Waals surface area contributed by atoms with Gasteiger partial charge in [-0.05, 0) is 35.9 Å². The molecule has 5 heteroatoms. The summed E-state index contributed by atoms with van der Waals surface area (Å²) in [6.07, 6.45) is 0.0283. The molecule has 0 saturated carbocycles. The van der Waals surface area contributed by atoms with Gasteiger partial charge in [0.05, 0.1) is 18.8 Å². The Kier molecular flexibility index (Phi) is 4.32. The molecule has 0 unspecified atom stereocenters. The van der Waals surface area contributed by atoms with E-state index in [0.717, 1.165) is 0 Å². The monoisotopic (exact) mass is 327 g/mol. The van der Waals surface area contributed by atoms with Gasteiger partial charge in [0.15, 0.2) is 5.67 Å². The molecule has 2 aromatic rings. The second-order valence-electron chi connectivity index (χ2n) is 5.79. The Morgan fingerprint density at radius 1 is 1.21 bits per heavy atom. The molecule has 1 amide bonds. The van der Waals surface area contributed by atoms with E-state index >= 15 is 0 Å². The zero-order chi connectivity index (χ0) is 17.2. The van der Waals surface area contributed by atoms with Crippen LogP contribution in [0.15, 0.2) is 42.5 Å². The van der Waals surface area contributed by atoms with Crippen molar-refractivity contribution in [2.75, 3.05) is 13.2 Å². The number of hydrogen-bond acceptors (Lipinski definition) is 2. The fraction of sp³-hybridized carbons (Fsp3) is 0.211. The number of benzene rings is 2. The van der Waals surface area contributed by atoms with Crippen molar-refractivity contribution in [3.05, 3.63) is 70.5 Å². The third-order valence-corrected chi connectivity index (χ3v) is 3.81. The quantitative estimate of drug-likeness (QED) is 0.881. The summed E-state index contributed by atoms with van der Waals surface area (Å²) >= 11 is 0. The van der Waals surface area contributed by atoms with Gasteiger partial charge in [-0.15, -0.1) is 0 Å². The predicted octanol–water partition coefficient (Wildman–Crippen LogP) is 2.61. The number of alkyl halides is 1. The highest BCUT2D eigenvalue weighted by atomic mass is 19.1. The average Bonchev–Trinajstić information content (AvgIpc) is 2.52. The smallest absolute Gasteiger partial charge is 0.248 e. The lowest BCUT2D eigenvalue weighted by atomic mass is 9.90. The molecule has 1 aliphatic heterocycles. The maximum absolute atomic E-state index is 14.3. The van der Waals surface area contributed by atoms with Crippen LogP contribution in [0, 0.1) is 17.7 Å². The van der Waals surface area contributed by atoms with Gasteiger partial charge in [-0.25, -0.2) is 8.78 Å². The van der Waals surface area contributed by atoms with Crippen molar-refractivity contribution >= 4 is 5.91 Å². The molecule has 2 aromatic carbocycles. The number of halogens is 2. The van der Waals surface area contributed by atoms with Crippen molar-refractivity contribution in [2.45, 2.75) is 12.1 Å². The molecule has 2 N–H and O–H groups in total. The predicted molar refractivity (Wildman–Crippen MR) is 85.7 cm³/mol. The zero-order valence-corrected chi connectivity index (χ0v) is 12.8. The van der Waals surface area contributed by atoms with Crippen LogP contribution in [0.2, 0.25) is 0 Å². The van der Waals surface area contributed by atoms with Crippen LogP contribution in [-0.4, -0.2) is 24.8 Å². The molecule has 3 rings (SSSR count). The Hall–Kier alpha value is -2.71. The van der Waals surface area contributed by atoms with Gasteiger partial charge < -0.3 is 10.5 Å². The van der Waals surface area contributed by atoms with E-state index in [-0.39, 0.29) is 30.8 Å². The van der Waals surface area contributed by atoms with Gasteiger partial charge in [0.1, 0.15) is 5.82 Å². The highest BCUT2D eigenvalue weighted by Gasteiger charge is 2.39. The molecule has 0 aromatic heterocycles. The van der Waals surface area contributed by atoms with Gasteiger partial charge in [-0.2, -0.15) is 0 Å². The molecule has 0 radical (unpaired) electrons. The SMILES string of the molecule is NC(=O)c1ccc(C#Cc2ccccc2F)cc1CC1(F)COC1. The molecule has 3 nitrogen and oxygen atoms in total. The van der Waals surface area contributed by atoms with Gasteiger partial charge in [0.25, 0.3) is 0 Å². The van der Waals surface area contributed by atoms with E-state index in [1.807, 2.05) is 0 Å². The fourth-order valence-electron chi connectivity index (χ4n) is 2.53. The minimum Gasteiger partial charge on any atom is -0.375 e. The zero-order valence-electron chi connectivity index (χ0n) is 12.8. The first kappa shape index (κ1) is 16.2. The lowest BCUT2D eigenvalue weighted by Crippen LogP contribution is -2.47. The van der Waals surface area contributed by atoms with Crippen LogP contribution >= 0.6 is 0 Å². The summed E-state index contributed by atoms with van der Waals surface area (Å²) in [6, 6.07) is 10.9. The second kappa shape index (κ2) is 6.42. The van der Waals surface area contributed by atoms with Gasteiger partial charge in [0, 0.05) is 17.5 Å². The van der Waals surface area contributed by atoms with Gasteiger partial charge in [0.2, 0.25) is 5.91 Å². The summed E-state index contributed by atoms with van der Waals surface area (Å²) in [7, 11) is 0. The van der Waals surface area contributed by atoms with Crippen LogP contribution in [-0.2, 0) is 11.2 Å². The third-order valence-electron chi connectivity index (χ3n) is 3.81. The van der Waals surface area contributed by atoms with Crippen LogP contribution in [0.5, 0.6) is 0 Å². The first-order valence-corrected chi connectivity index (χ1v) is 7.43. The largest absolute Gasteiger partial charge is 0.375 e. The molecule has 24 heavy (non-hydrogen) atoms. The first-order chi connectivity index (χ1) is 11.5. The van der Waals surface area contributed by atoms with Crippen LogP contribution in [0.1, 0.15) is 27.0 Å². The summed E-state index contributed by atoms with van der Waals surface area (Å²) in [4.78, 5) is 11.5. The molecule has 0 bridgehead atoms. The summed E-state index contributed by atoms with van der Waals surface area (Å²) in [5.41, 5.74) is 5.43. The molecule has 1 fully saturated rings. The summed E-state index contributed by atoms with van der Waals surface area (Å²) in [6.45, 7) is -0.00727. The van der Waals surface area contributed by atoms with Crippen molar-refractivity contribution in [2.24, 2.45) is 5.73 Å². The van der Waals surface area contributed by atoms with Crippen LogP contribution < -0.4 is 5.73 Å². The van der Waals surface area contributed by atoms with Crippen molar-refractivity contribution in [3.63, 3.8) is 0 Å². The number of carbonyl (C=O) groups excluding carboxylic acids is 1. The van der Waals surface area contributed by atoms with E-state index in [9.17, 15) is 13.6 Å². The Balaban J connectivity index is 1.93. The van der Waals surface area contributed by atoms with E-state index in [4.69, 9.17) is 10.5 Å². The minimum absolute atomic E-state index is 0.00364. The standard InChI is InChI=1S/C19H15F2NO2/c20-17-4-2-1-3-14(17)7-5-13-6-8-16(18(22)23)15(9-13)10-19(21)11-24-12-19/h1-4,6,8-9H,10-12H2,(H2,22,23). The van der Waals surface area contributed by atoms with Crippen molar-refractivity contribution < 1.29 is 18.3 Å². The molecule has 122 valence electrons. The molecular weight excluding hydrogens is 312 g/mol. The molecule has 0 atom stereocenters. The molecule has 0 aliphatic carbocycles. The number of carbonyl (C=O) groups is 1. The van der Waals surface area contributed by atoms with Crippen molar-refractivity contribution in [1.29, 1.82) is 0 Å². The van der Waals surface area contributed by atoms with Gasteiger partial charge >= 0.3 is 0 Å². The molecule has 1 aliphatic rings. The van der Waals surface area contributed by atoms with E-state index < -0.39 is 17.4 Å². The lowest BCUT2D eigenvalue weighted by molar-refractivity contribution is -0.128. The van der Waals surface area contributed by atoms with Crippen LogP contribution in [0.4, 0.5) is 8.78 Å². The maximum atomic E-state index is 14.3. The number of amides is 1. The van der Waals surface area contributed by atoms with Crippen molar-refractivity contribution in [3.8, 4) is 11.8 Å². The second-order valence-corrected chi connectivity index (χ2v) is 5.79. The minimum atomic E-state index is -1.48. The van der Waals surface area contributed by atoms with Gasteiger partial charge in [-0.1, -0.05) is 24.0 Å². The number of hydrogen-bond donors (Lipinski definition) is 1. The van der Waals surface area contributed by atoms with Gasteiger partial charge in [-0.3, -0.25) is 4.79 Å². The summed E-state index contributed by atoms with van der Waals surface area (Å²) in [5, 5.41) is 0. The third kappa shape index (κ3) is 3.44.